The van der Waals surface area contributed by atoms with Crippen LogP contribution in [0.25, 0.3) is 11.5 Å². The molecule has 0 amide bonds. The van der Waals surface area contributed by atoms with Gasteiger partial charge in [-0.1, -0.05) is 0 Å². The standard InChI is InChI=1S/C22H21FN2O5/c1-14(20-24-25-21(30-20)15-4-8-17(23)9-5-15)29-22(26)16-6-10-18(11-7-16)28-13-19-3-2-12-27-19/h4-11,14,19H,2-3,12-13H2,1H3/t14-,19-/m1/s1. The van der Waals surface area contributed by atoms with Gasteiger partial charge < -0.3 is 18.6 Å². The van der Waals surface area contributed by atoms with Gasteiger partial charge in [-0.25, -0.2) is 9.18 Å². The van der Waals surface area contributed by atoms with Crippen molar-refractivity contribution in [3.05, 3.63) is 65.8 Å². The number of hydrogen-bond acceptors (Lipinski definition) is 7. The van der Waals surface area contributed by atoms with Crippen molar-refractivity contribution in [3.63, 3.8) is 0 Å². The summed E-state index contributed by atoms with van der Waals surface area (Å²) in [5.41, 5.74) is 0.955. The van der Waals surface area contributed by atoms with Gasteiger partial charge in [0.1, 0.15) is 18.2 Å². The molecule has 1 aromatic heterocycles. The Morgan fingerprint density at radius 3 is 2.63 bits per heavy atom. The molecule has 2 heterocycles. The third-order valence-electron chi connectivity index (χ3n) is 4.71. The highest BCUT2D eigenvalue weighted by Crippen LogP contribution is 2.24. The minimum absolute atomic E-state index is 0.129. The maximum absolute atomic E-state index is 13.0. The Hall–Kier alpha value is -3.26. The number of nitrogens with zero attached hydrogens (tertiary/aromatic N) is 2. The summed E-state index contributed by atoms with van der Waals surface area (Å²) in [7, 11) is 0. The fourth-order valence-electron chi connectivity index (χ4n) is 3.04. The lowest BCUT2D eigenvalue weighted by atomic mass is 10.2. The molecule has 0 radical (unpaired) electrons. The van der Waals surface area contributed by atoms with E-state index in [0.717, 1.165) is 19.4 Å². The first-order chi connectivity index (χ1) is 14.6. The second-order valence-electron chi connectivity index (χ2n) is 6.97. The molecule has 7 nitrogen and oxygen atoms in total. The van der Waals surface area contributed by atoms with Crippen molar-refractivity contribution < 1.29 is 27.8 Å². The first-order valence-electron chi connectivity index (χ1n) is 9.73. The molecule has 1 aliphatic rings. The quantitative estimate of drug-likeness (QED) is 0.534. The summed E-state index contributed by atoms with van der Waals surface area (Å²) >= 11 is 0. The van der Waals surface area contributed by atoms with E-state index >= 15 is 0 Å². The summed E-state index contributed by atoms with van der Waals surface area (Å²) in [5, 5.41) is 7.84. The van der Waals surface area contributed by atoms with Crippen molar-refractivity contribution in [3.8, 4) is 17.2 Å². The van der Waals surface area contributed by atoms with Gasteiger partial charge in [-0.05, 0) is 68.3 Å². The Labute approximate surface area is 172 Å². The van der Waals surface area contributed by atoms with E-state index in [1.165, 1.54) is 24.3 Å². The van der Waals surface area contributed by atoms with E-state index < -0.39 is 12.1 Å². The van der Waals surface area contributed by atoms with E-state index in [2.05, 4.69) is 10.2 Å². The first kappa shape index (κ1) is 20.0. The number of esters is 1. The van der Waals surface area contributed by atoms with Crippen molar-refractivity contribution in [2.24, 2.45) is 0 Å². The fraction of sp³-hybridized carbons (Fsp3) is 0.318. The Morgan fingerprint density at radius 2 is 1.93 bits per heavy atom. The van der Waals surface area contributed by atoms with Crippen LogP contribution in [0.4, 0.5) is 4.39 Å². The number of halogens is 1. The van der Waals surface area contributed by atoms with Crippen LogP contribution in [0.1, 0.15) is 42.1 Å². The zero-order valence-electron chi connectivity index (χ0n) is 16.4. The Kier molecular flexibility index (Phi) is 6.04. The predicted octanol–water partition coefficient (Wildman–Crippen LogP) is 4.35. The molecule has 8 heteroatoms. The van der Waals surface area contributed by atoms with Crippen LogP contribution in [0.3, 0.4) is 0 Å². The molecule has 0 bridgehead atoms. The van der Waals surface area contributed by atoms with Gasteiger partial charge in [-0.15, -0.1) is 10.2 Å². The molecule has 0 unspecified atom stereocenters. The van der Waals surface area contributed by atoms with Crippen molar-refractivity contribution in [2.75, 3.05) is 13.2 Å². The monoisotopic (exact) mass is 412 g/mol. The summed E-state index contributed by atoms with van der Waals surface area (Å²) < 4.78 is 35.2. The molecule has 0 spiro atoms. The van der Waals surface area contributed by atoms with Gasteiger partial charge in [-0.2, -0.15) is 0 Å². The first-order valence-corrected chi connectivity index (χ1v) is 9.73. The number of hydrogen-bond donors (Lipinski definition) is 0. The number of carbonyl (C=O) groups excluding carboxylic acids is 1. The molecule has 2 atom stereocenters. The summed E-state index contributed by atoms with van der Waals surface area (Å²) in [6.07, 6.45) is 1.45. The van der Waals surface area contributed by atoms with E-state index in [0.29, 0.717) is 23.5 Å². The summed E-state index contributed by atoms with van der Waals surface area (Å²) in [6, 6.07) is 12.4. The van der Waals surface area contributed by atoms with Crippen LogP contribution < -0.4 is 4.74 Å². The molecule has 156 valence electrons. The average molecular weight is 412 g/mol. The summed E-state index contributed by atoms with van der Waals surface area (Å²) in [4.78, 5) is 12.4. The zero-order chi connectivity index (χ0) is 20.9. The topological polar surface area (TPSA) is 83.7 Å². The normalized spacial score (nSPS) is 16.9. The van der Waals surface area contributed by atoms with Gasteiger partial charge in [-0.3, -0.25) is 0 Å². The predicted molar refractivity (Wildman–Crippen MR) is 104 cm³/mol. The van der Waals surface area contributed by atoms with Gasteiger partial charge >= 0.3 is 5.97 Å². The molecular weight excluding hydrogens is 391 g/mol. The maximum atomic E-state index is 13.0. The van der Waals surface area contributed by atoms with Gasteiger partial charge in [0.15, 0.2) is 6.10 Å². The lowest BCUT2D eigenvalue weighted by molar-refractivity contribution is 0.0279. The molecule has 1 aliphatic heterocycles. The van der Waals surface area contributed by atoms with Gasteiger partial charge in [0.05, 0.1) is 11.7 Å². The van der Waals surface area contributed by atoms with E-state index in [1.807, 2.05) is 0 Å². The molecule has 4 rings (SSSR count). The molecule has 30 heavy (non-hydrogen) atoms. The number of aromatic nitrogens is 2. The minimum atomic E-state index is -0.741. The van der Waals surface area contributed by atoms with Crippen LogP contribution in [0.15, 0.2) is 52.9 Å². The second-order valence-corrected chi connectivity index (χ2v) is 6.97. The largest absolute Gasteiger partial charge is 0.491 e. The number of ether oxygens (including phenoxy) is 3. The van der Waals surface area contributed by atoms with Crippen LogP contribution in [0, 0.1) is 5.82 Å². The van der Waals surface area contributed by atoms with Crippen LogP contribution in [-0.2, 0) is 9.47 Å². The van der Waals surface area contributed by atoms with E-state index in [1.54, 1.807) is 31.2 Å². The second kappa shape index (κ2) is 9.04. The average Bonchev–Trinajstić information content (AvgIpc) is 3.45. The molecule has 0 N–H and O–H groups in total. The third kappa shape index (κ3) is 4.83. The van der Waals surface area contributed by atoms with E-state index in [-0.39, 0.29) is 23.7 Å². The minimum Gasteiger partial charge on any atom is -0.491 e. The molecule has 1 saturated heterocycles. The van der Waals surface area contributed by atoms with Crippen LogP contribution >= 0.6 is 0 Å². The Balaban J connectivity index is 1.33. The highest BCUT2D eigenvalue weighted by atomic mass is 19.1. The van der Waals surface area contributed by atoms with Crippen molar-refractivity contribution in [1.82, 2.24) is 10.2 Å². The smallest absolute Gasteiger partial charge is 0.338 e. The van der Waals surface area contributed by atoms with Gasteiger partial charge in [0, 0.05) is 12.2 Å². The van der Waals surface area contributed by atoms with Crippen molar-refractivity contribution in [1.29, 1.82) is 0 Å². The highest BCUT2D eigenvalue weighted by molar-refractivity contribution is 5.89. The number of benzene rings is 2. The number of rotatable bonds is 7. The molecule has 2 aromatic carbocycles. The third-order valence-corrected chi connectivity index (χ3v) is 4.71. The molecule has 3 aromatic rings. The summed E-state index contributed by atoms with van der Waals surface area (Å²) in [5.74, 6) is 0.162. The molecule has 0 aliphatic carbocycles. The SMILES string of the molecule is C[C@@H](OC(=O)c1ccc(OC[C@H]2CCCO2)cc1)c1nnc(-c2ccc(F)cc2)o1. The van der Waals surface area contributed by atoms with Crippen LogP contribution in [0.2, 0.25) is 0 Å². The van der Waals surface area contributed by atoms with Crippen LogP contribution in [0.5, 0.6) is 5.75 Å². The van der Waals surface area contributed by atoms with Gasteiger partial charge in [0.2, 0.25) is 5.89 Å². The lowest BCUT2D eigenvalue weighted by Gasteiger charge is -2.12. The van der Waals surface area contributed by atoms with E-state index in [4.69, 9.17) is 18.6 Å². The zero-order valence-corrected chi connectivity index (χ0v) is 16.4. The molecule has 0 saturated carbocycles. The lowest BCUT2D eigenvalue weighted by Crippen LogP contribution is -2.16. The van der Waals surface area contributed by atoms with Crippen LogP contribution in [-0.4, -0.2) is 35.5 Å². The van der Waals surface area contributed by atoms with Crippen molar-refractivity contribution in [2.45, 2.75) is 32.0 Å². The maximum Gasteiger partial charge on any atom is 0.338 e. The molecule has 1 fully saturated rings. The van der Waals surface area contributed by atoms with Gasteiger partial charge in [0.25, 0.3) is 5.89 Å². The Bertz CT molecular complexity index is 982. The Morgan fingerprint density at radius 1 is 1.17 bits per heavy atom. The molecular formula is C22H21FN2O5. The highest BCUT2D eigenvalue weighted by Gasteiger charge is 2.20. The van der Waals surface area contributed by atoms with E-state index in [9.17, 15) is 9.18 Å². The fourth-order valence-corrected chi connectivity index (χ4v) is 3.04. The van der Waals surface area contributed by atoms with Crippen molar-refractivity contribution >= 4 is 5.97 Å². The number of carbonyl (C=O) groups is 1. The summed E-state index contributed by atoms with van der Waals surface area (Å²) in [6.45, 7) is 2.91.